The zero-order valence-electron chi connectivity index (χ0n) is 15.9. The third kappa shape index (κ3) is 2.20. The molecule has 4 rings (SSSR count). The van der Waals surface area contributed by atoms with Crippen LogP contribution in [0.1, 0.15) is 72.1 Å². The Morgan fingerprint density at radius 1 is 1.04 bits per heavy atom. The molecule has 0 aromatic heterocycles. The number of rotatable bonds is 1. The first-order valence-corrected chi connectivity index (χ1v) is 10.2. The number of carbonyl (C=O) groups excluding carboxylic acids is 1. The summed E-state index contributed by atoms with van der Waals surface area (Å²) in [5.41, 5.74) is -1.64. The molecule has 0 heterocycles. The fourth-order valence-corrected chi connectivity index (χ4v) is 7.89. The molecule has 4 nitrogen and oxygen atoms in total. The molecule has 4 heteroatoms. The van der Waals surface area contributed by atoms with E-state index < -0.39 is 17.1 Å². The van der Waals surface area contributed by atoms with Gasteiger partial charge in [0, 0.05) is 11.8 Å². The van der Waals surface area contributed by atoms with Crippen LogP contribution in [0.4, 0.5) is 0 Å². The second-order valence-electron chi connectivity index (χ2n) is 10.1. The molecule has 142 valence electrons. The van der Waals surface area contributed by atoms with E-state index in [1.165, 1.54) is 6.92 Å². The second kappa shape index (κ2) is 5.53. The van der Waals surface area contributed by atoms with E-state index in [4.69, 9.17) is 0 Å². The Labute approximate surface area is 151 Å². The van der Waals surface area contributed by atoms with Crippen LogP contribution in [0.5, 0.6) is 0 Å². The predicted molar refractivity (Wildman–Crippen MR) is 94.8 cm³/mol. The van der Waals surface area contributed by atoms with Crippen molar-refractivity contribution in [3.8, 4) is 0 Å². The number of Topliss-reactive ketones (excluding diaryl/α,β-unsaturated/α-hetero) is 1. The number of ketones is 1. The van der Waals surface area contributed by atoms with Crippen molar-refractivity contribution in [2.75, 3.05) is 0 Å². The van der Waals surface area contributed by atoms with Crippen LogP contribution in [0.3, 0.4) is 0 Å². The van der Waals surface area contributed by atoms with Gasteiger partial charge in [0.1, 0.15) is 5.60 Å². The number of aliphatic hydroxyl groups is 3. The summed E-state index contributed by atoms with van der Waals surface area (Å²) in [6.07, 6.45) is 6.35. The maximum absolute atomic E-state index is 12.3. The van der Waals surface area contributed by atoms with Gasteiger partial charge in [-0.25, -0.2) is 0 Å². The number of hydrogen-bond donors (Lipinski definition) is 3. The summed E-state index contributed by atoms with van der Waals surface area (Å²) in [7, 11) is 0. The first kappa shape index (κ1) is 17.9. The molecule has 0 aliphatic heterocycles. The molecular formula is C21H34O4. The topological polar surface area (TPSA) is 77.8 Å². The lowest BCUT2D eigenvalue weighted by atomic mass is 9.44. The van der Waals surface area contributed by atoms with E-state index in [0.717, 1.165) is 44.9 Å². The first-order valence-electron chi connectivity index (χ1n) is 10.2. The highest BCUT2D eigenvalue weighted by molar-refractivity contribution is 5.86. The monoisotopic (exact) mass is 350 g/mol. The van der Waals surface area contributed by atoms with Crippen LogP contribution in [0.25, 0.3) is 0 Å². The molecule has 0 unspecified atom stereocenters. The van der Waals surface area contributed by atoms with Crippen molar-refractivity contribution in [2.45, 2.75) is 89.9 Å². The highest BCUT2D eigenvalue weighted by Crippen LogP contribution is 2.68. The third-order valence-corrected chi connectivity index (χ3v) is 9.34. The van der Waals surface area contributed by atoms with E-state index in [2.05, 4.69) is 6.92 Å². The molecule has 0 amide bonds. The zero-order valence-corrected chi connectivity index (χ0v) is 15.9. The lowest BCUT2D eigenvalue weighted by Crippen LogP contribution is -2.59. The van der Waals surface area contributed by atoms with E-state index in [1.54, 1.807) is 0 Å². The fraction of sp³-hybridized carbons (Fsp3) is 0.952. The van der Waals surface area contributed by atoms with E-state index in [1.807, 2.05) is 6.92 Å². The molecule has 25 heavy (non-hydrogen) atoms. The maximum Gasteiger partial charge on any atom is 0.161 e. The van der Waals surface area contributed by atoms with Crippen molar-refractivity contribution in [1.82, 2.24) is 0 Å². The number of aliphatic hydroxyl groups excluding tert-OH is 2. The Hall–Kier alpha value is -0.450. The maximum atomic E-state index is 12.3. The quantitative estimate of drug-likeness (QED) is 0.679. The van der Waals surface area contributed by atoms with Crippen LogP contribution in [0.15, 0.2) is 0 Å². The van der Waals surface area contributed by atoms with E-state index in [-0.39, 0.29) is 29.6 Å². The van der Waals surface area contributed by atoms with Crippen LogP contribution < -0.4 is 0 Å². The van der Waals surface area contributed by atoms with Crippen molar-refractivity contribution in [3.63, 3.8) is 0 Å². The van der Waals surface area contributed by atoms with Gasteiger partial charge in [-0.2, -0.15) is 0 Å². The molecule has 0 radical (unpaired) electrons. The zero-order chi connectivity index (χ0) is 18.2. The standard InChI is InChI=1S/C21H34O4/c1-12(22)21(25)11-17(24)18-15-5-4-13-10-14(23)6-8-19(13,2)16(15)7-9-20(18,21)3/h13-18,23-25H,4-11H2,1-3H3/t13-,14+,15+,16-,17+,18+,19-,20-,21-/m0/s1. The van der Waals surface area contributed by atoms with Gasteiger partial charge in [-0.1, -0.05) is 13.8 Å². The molecule has 3 N–H and O–H groups in total. The highest BCUT2D eigenvalue weighted by Gasteiger charge is 2.68. The number of fused-ring (bicyclic) bond motifs is 5. The summed E-state index contributed by atoms with van der Waals surface area (Å²) in [5, 5.41) is 32.2. The van der Waals surface area contributed by atoms with Crippen LogP contribution in [-0.2, 0) is 4.79 Å². The summed E-state index contributed by atoms with van der Waals surface area (Å²) in [5.74, 6) is 1.34. The van der Waals surface area contributed by atoms with Gasteiger partial charge in [-0.3, -0.25) is 4.79 Å². The minimum absolute atomic E-state index is 0.0183. The molecular weight excluding hydrogens is 316 g/mol. The number of carbonyl (C=O) groups is 1. The van der Waals surface area contributed by atoms with Crippen molar-refractivity contribution >= 4 is 5.78 Å². The third-order valence-electron chi connectivity index (χ3n) is 9.34. The summed E-state index contributed by atoms with van der Waals surface area (Å²) in [6, 6.07) is 0. The van der Waals surface area contributed by atoms with Crippen molar-refractivity contribution in [3.05, 3.63) is 0 Å². The Morgan fingerprint density at radius 2 is 1.76 bits per heavy atom. The smallest absolute Gasteiger partial charge is 0.161 e. The fourth-order valence-electron chi connectivity index (χ4n) is 7.89. The average molecular weight is 350 g/mol. The molecule has 4 saturated carbocycles. The molecule has 4 fully saturated rings. The van der Waals surface area contributed by atoms with Gasteiger partial charge in [-0.05, 0) is 81.0 Å². The van der Waals surface area contributed by atoms with Gasteiger partial charge >= 0.3 is 0 Å². The molecule has 4 aliphatic rings. The van der Waals surface area contributed by atoms with E-state index in [9.17, 15) is 20.1 Å². The Morgan fingerprint density at radius 3 is 2.44 bits per heavy atom. The normalized spacial score (nSPS) is 58.2. The Balaban J connectivity index is 1.69. The van der Waals surface area contributed by atoms with Gasteiger partial charge in [0.2, 0.25) is 0 Å². The SMILES string of the molecule is CC(=O)[C@@]1(O)C[C@@H](O)[C@H]2[C@@H]3CC[C@H]4C[C@H](O)CC[C@]4(C)[C@H]3CC[C@@]21C. The first-order chi connectivity index (χ1) is 11.6. The van der Waals surface area contributed by atoms with Gasteiger partial charge in [-0.15, -0.1) is 0 Å². The van der Waals surface area contributed by atoms with Gasteiger partial charge in [0.15, 0.2) is 5.78 Å². The summed E-state index contributed by atoms with van der Waals surface area (Å²) < 4.78 is 0. The van der Waals surface area contributed by atoms with Gasteiger partial charge in [0.25, 0.3) is 0 Å². The minimum atomic E-state index is -1.37. The Kier molecular flexibility index (Phi) is 3.97. The van der Waals surface area contributed by atoms with E-state index in [0.29, 0.717) is 17.8 Å². The summed E-state index contributed by atoms with van der Waals surface area (Å²) >= 11 is 0. The molecule has 0 aromatic rings. The van der Waals surface area contributed by atoms with Crippen LogP contribution in [-0.4, -0.2) is 38.9 Å². The molecule has 0 saturated heterocycles. The highest BCUT2D eigenvalue weighted by atomic mass is 16.3. The van der Waals surface area contributed by atoms with Crippen LogP contribution >= 0.6 is 0 Å². The number of hydrogen-bond acceptors (Lipinski definition) is 4. The van der Waals surface area contributed by atoms with Crippen molar-refractivity contribution in [2.24, 2.45) is 34.5 Å². The molecule has 0 bridgehead atoms. The van der Waals surface area contributed by atoms with Crippen LogP contribution in [0, 0.1) is 34.5 Å². The Bertz CT molecular complexity index is 576. The minimum Gasteiger partial charge on any atom is -0.393 e. The van der Waals surface area contributed by atoms with Gasteiger partial charge in [0.05, 0.1) is 12.2 Å². The molecule has 4 aliphatic carbocycles. The summed E-state index contributed by atoms with van der Waals surface area (Å²) in [6.45, 7) is 5.93. The van der Waals surface area contributed by atoms with Crippen molar-refractivity contribution in [1.29, 1.82) is 0 Å². The largest absolute Gasteiger partial charge is 0.393 e. The van der Waals surface area contributed by atoms with Gasteiger partial charge < -0.3 is 15.3 Å². The summed E-state index contributed by atoms with van der Waals surface area (Å²) in [4.78, 5) is 12.3. The van der Waals surface area contributed by atoms with Crippen molar-refractivity contribution < 1.29 is 20.1 Å². The lowest BCUT2D eigenvalue weighted by molar-refractivity contribution is -0.173. The lowest BCUT2D eigenvalue weighted by Gasteiger charge is -2.61. The second-order valence-corrected chi connectivity index (χ2v) is 10.1. The van der Waals surface area contributed by atoms with Crippen LogP contribution in [0.2, 0.25) is 0 Å². The molecule has 0 spiro atoms. The average Bonchev–Trinajstić information content (AvgIpc) is 2.75. The molecule has 0 aromatic carbocycles. The molecule has 9 atom stereocenters. The van der Waals surface area contributed by atoms with E-state index >= 15 is 0 Å². The predicted octanol–water partition coefficient (Wildman–Crippen LogP) is 2.68.